The van der Waals surface area contributed by atoms with Gasteiger partial charge in [-0.2, -0.15) is 0 Å². The Labute approximate surface area is 108 Å². The van der Waals surface area contributed by atoms with Gasteiger partial charge in [-0.15, -0.1) is 0 Å². The van der Waals surface area contributed by atoms with E-state index in [0.717, 1.165) is 18.2 Å². The van der Waals surface area contributed by atoms with E-state index in [1.165, 1.54) is 19.3 Å². The molecule has 0 unspecified atom stereocenters. The Kier molecular flexibility index (Phi) is 4.44. The Balaban J connectivity index is 2.76. The summed E-state index contributed by atoms with van der Waals surface area (Å²) in [5.74, 6) is 0.316. The van der Waals surface area contributed by atoms with Crippen molar-refractivity contribution in [1.29, 1.82) is 0 Å². The van der Waals surface area contributed by atoms with Crippen molar-refractivity contribution in [3.05, 3.63) is 0 Å². The van der Waals surface area contributed by atoms with E-state index in [1.54, 1.807) is 0 Å². The smallest absolute Gasteiger partial charge is 0.228 e. The number of carbonyl (C=O) groups excluding carboxylic acids is 1. The maximum absolute atomic E-state index is 12.5. The Morgan fingerprint density at radius 2 is 1.81 bits per heavy atom. The molecule has 0 spiro atoms. The first-order chi connectivity index (χ1) is 7.33. The van der Waals surface area contributed by atoms with Crippen molar-refractivity contribution in [2.75, 3.05) is 12.4 Å². The SMILES string of the molecule is CN(C(=O)C1(C)CCCCC1)C(C)(C)CBr. The van der Waals surface area contributed by atoms with Gasteiger partial charge in [-0.1, -0.05) is 42.1 Å². The van der Waals surface area contributed by atoms with Crippen LogP contribution in [0.3, 0.4) is 0 Å². The zero-order chi connectivity index (χ0) is 12.4. The summed E-state index contributed by atoms with van der Waals surface area (Å²) in [4.78, 5) is 14.5. The third-order valence-corrected chi connectivity index (χ3v) is 5.39. The van der Waals surface area contributed by atoms with Gasteiger partial charge in [0.05, 0.1) is 0 Å². The van der Waals surface area contributed by atoms with E-state index < -0.39 is 0 Å². The van der Waals surface area contributed by atoms with Crippen LogP contribution in [0.1, 0.15) is 52.9 Å². The van der Waals surface area contributed by atoms with E-state index in [2.05, 4.69) is 36.7 Å². The molecular weight excluding hydrogens is 266 g/mol. The number of carbonyl (C=O) groups is 1. The van der Waals surface area contributed by atoms with E-state index in [9.17, 15) is 4.79 Å². The molecule has 0 aromatic rings. The summed E-state index contributed by atoms with van der Waals surface area (Å²) < 4.78 is 0. The monoisotopic (exact) mass is 289 g/mol. The summed E-state index contributed by atoms with van der Waals surface area (Å²) in [5.41, 5.74) is -0.218. The van der Waals surface area contributed by atoms with Crippen molar-refractivity contribution in [1.82, 2.24) is 4.90 Å². The van der Waals surface area contributed by atoms with Crippen LogP contribution in [0.4, 0.5) is 0 Å². The largest absolute Gasteiger partial charge is 0.339 e. The zero-order valence-electron chi connectivity index (χ0n) is 11.0. The van der Waals surface area contributed by atoms with Crippen molar-refractivity contribution in [2.24, 2.45) is 5.41 Å². The lowest BCUT2D eigenvalue weighted by molar-refractivity contribution is -0.146. The summed E-state index contributed by atoms with van der Waals surface area (Å²) in [7, 11) is 1.93. The topological polar surface area (TPSA) is 20.3 Å². The average molecular weight is 290 g/mol. The fourth-order valence-corrected chi connectivity index (χ4v) is 2.69. The molecule has 1 saturated carbocycles. The van der Waals surface area contributed by atoms with Gasteiger partial charge in [0, 0.05) is 23.3 Å². The van der Waals surface area contributed by atoms with E-state index >= 15 is 0 Å². The van der Waals surface area contributed by atoms with Crippen LogP contribution in [-0.2, 0) is 4.79 Å². The first kappa shape index (κ1) is 14.0. The molecule has 0 aromatic heterocycles. The molecule has 0 saturated heterocycles. The molecular formula is C13H24BrNO. The lowest BCUT2D eigenvalue weighted by Gasteiger charge is -2.42. The van der Waals surface area contributed by atoms with Crippen LogP contribution in [0, 0.1) is 5.41 Å². The van der Waals surface area contributed by atoms with Crippen LogP contribution >= 0.6 is 15.9 Å². The lowest BCUT2D eigenvalue weighted by atomic mass is 9.74. The third kappa shape index (κ3) is 2.79. The van der Waals surface area contributed by atoms with Crippen molar-refractivity contribution < 1.29 is 4.79 Å². The number of nitrogens with zero attached hydrogens (tertiary/aromatic N) is 1. The van der Waals surface area contributed by atoms with Crippen LogP contribution < -0.4 is 0 Å². The molecule has 0 aromatic carbocycles. The molecule has 0 heterocycles. The Morgan fingerprint density at radius 3 is 2.25 bits per heavy atom. The summed E-state index contributed by atoms with van der Waals surface area (Å²) >= 11 is 3.49. The molecule has 0 N–H and O–H groups in total. The highest BCUT2D eigenvalue weighted by atomic mass is 79.9. The number of hydrogen-bond donors (Lipinski definition) is 0. The second-order valence-corrected chi connectivity index (χ2v) is 6.49. The molecule has 0 bridgehead atoms. The molecule has 3 heteroatoms. The highest BCUT2D eigenvalue weighted by Crippen LogP contribution is 2.38. The minimum Gasteiger partial charge on any atom is -0.339 e. The molecule has 1 aliphatic rings. The number of alkyl halides is 1. The van der Waals surface area contributed by atoms with Gasteiger partial charge < -0.3 is 4.90 Å². The number of amides is 1. The average Bonchev–Trinajstić information content (AvgIpc) is 2.28. The van der Waals surface area contributed by atoms with E-state index in [4.69, 9.17) is 0 Å². The van der Waals surface area contributed by atoms with E-state index in [1.807, 2.05) is 11.9 Å². The maximum Gasteiger partial charge on any atom is 0.228 e. The quantitative estimate of drug-likeness (QED) is 0.727. The van der Waals surface area contributed by atoms with Gasteiger partial charge in [-0.25, -0.2) is 0 Å². The predicted octanol–water partition coefficient (Wildman–Crippen LogP) is 3.59. The van der Waals surface area contributed by atoms with Crippen molar-refractivity contribution >= 4 is 21.8 Å². The highest BCUT2D eigenvalue weighted by molar-refractivity contribution is 9.09. The van der Waals surface area contributed by atoms with Gasteiger partial charge in [0.1, 0.15) is 0 Å². The van der Waals surface area contributed by atoms with E-state index in [0.29, 0.717) is 5.91 Å². The number of rotatable bonds is 3. The van der Waals surface area contributed by atoms with E-state index in [-0.39, 0.29) is 11.0 Å². The van der Waals surface area contributed by atoms with Crippen LogP contribution in [-0.4, -0.2) is 28.7 Å². The molecule has 0 radical (unpaired) electrons. The Morgan fingerprint density at radius 1 is 1.31 bits per heavy atom. The molecule has 1 aliphatic carbocycles. The van der Waals surface area contributed by atoms with Crippen LogP contribution in [0.25, 0.3) is 0 Å². The normalized spacial score (nSPS) is 20.6. The van der Waals surface area contributed by atoms with Crippen molar-refractivity contribution in [3.63, 3.8) is 0 Å². The second kappa shape index (κ2) is 5.07. The highest BCUT2D eigenvalue weighted by Gasteiger charge is 2.40. The second-order valence-electron chi connectivity index (χ2n) is 5.93. The van der Waals surface area contributed by atoms with Crippen LogP contribution in [0.5, 0.6) is 0 Å². The van der Waals surface area contributed by atoms with Gasteiger partial charge in [0.2, 0.25) is 5.91 Å². The molecule has 1 rings (SSSR count). The third-order valence-electron chi connectivity index (χ3n) is 4.01. The number of hydrogen-bond acceptors (Lipinski definition) is 1. The Bertz CT molecular complexity index is 257. The number of halogens is 1. The van der Waals surface area contributed by atoms with Gasteiger partial charge in [-0.3, -0.25) is 4.79 Å². The van der Waals surface area contributed by atoms with Crippen LogP contribution in [0.2, 0.25) is 0 Å². The first-order valence-corrected chi connectivity index (χ1v) is 7.30. The lowest BCUT2D eigenvalue weighted by Crippen LogP contribution is -2.52. The molecule has 1 amide bonds. The van der Waals surface area contributed by atoms with Gasteiger partial charge in [0.15, 0.2) is 0 Å². The maximum atomic E-state index is 12.5. The minimum atomic E-state index is -0.119. The zero-order valence-corrected chi connectivity index (χ0v) is 12.6. The molecule has 0 atom stereocenters. The van der Waals surface area contributed by atoms with Gasteiger partial charge in [-0.05, 0) is 26.7 Å². The fourth-order valence-electron chi connectivity index (χ4n) is 2.32. The summed E-state index contributed by atoms with van der Waals surface area (Å²) in [6.45, 7) is 6.34. The van der Waals surface area contributed by atoms with Crippen LogP contribution in [0.15, 0.2) is 0 Å². The van der Waals surface area contributed by atoms with Gasteiger partial charge in [0.25, 0.3) is 0 Å². The van der Waals surface area contributed by atoms with Crippen molar-refractivity contribution in [3.8, 4) is 0 Å². The molecule has 1 fully saturated rings. The summed E-state index contributed by atoms with van der Waals surface area (Å²) in [6, 6.07) is 0. The summed E-state index contributed by atoms with van der Waals surface area (Å²) in [5, 5.41) is 0.818. The molecule has 94 valence electrons. The first-order valence-electron chi connectivity index (χ1n) is 6.18. The fraction of sp³-hybridized carbons (Fsp3) is 0.923. The van der Waals surface area contributed by atoms with Crippen molar-refractivity contribution in [2.45, 2.75) is 58.4 Å². The minimum absolute atomic E-state index is 0.0997. The predicted molar refractivity (Wildman–Crippen MR) is 71.8 cm³/mol. The standard InChI is InChI=1S/C13H24BrNO/c1-12(2,10-14)15(4)11(16)13(3)8-6-5-7-9-13/h5-10H2,1-4H3. The molecule has 16 heavy (non-hydrogen) atoms. The Hall–Kier alpha value is -0.0500. The molecule has 2 nitrogen and oxygen atoms in total. The van der Waals surface area contributed by atoms with Gasteiger partial charge >= 0.3 is 0 Å². The molecule has 0 aliphatic heterocycles. The summed E-state index contributed by atoms with van der Waals surface area (Å²) in [6.07, 6.45) is 5.78.